The molecule has 1 aromatic heterocycles. The highest BCUT2D eigenvalue weighted by Gasteiger charge is 2.37. The minimum Gasteiger partial charge on any atom is -0.449 e. The van der Waals surface area contributed by atoms with Crippen molar-refractivity contribution in [3.63, 3.8) is 0 Å². The van der Waals surface area contributed by atoms with E-state index < -0.39 is 5.60 Å². The maximum atomic E-state index is 13.9. The molecule has 1 atom stereocenters. The van der Waals surface area contributed by atoms with Crippen molar-refractivity contribution in [2.45, 2.75) is 25.5 Å². The van der Waals surface area contributed by atoms with Gasteiger partial charge in [-0.05, 0) is 11.6 Å². The molecule has 0 aliphatic carbocycles. The van der Waals surface area contributed by atoms with Crippen LogP contribution in [0.5, 0.6) is 0 Å². The third-order valence-electron chi connectivity index (χ3n) is 4.14. The topological polar surface area (TPSA) is 58.7 Å². The van der Waals surface area contributed by atoms with E-state index >= 15 is 0 Å². The Morgan fingerprint density at radius 2 is 2.22 bits per heavy atom. The van der Waals surface area contributed by atoms with Crippen LogP contribution in [0.25, 0.3) is 0 Å². The number of hydrogen-bond acceptors (Lipinski definition) is 5. The van der Waals surface area contributed by atoms with Gasteiger partial charge in [-0.2, -0.15) is 0 Å². The number of aliphatic hydroxyl groups excluding tert-OH is 1. The van der Waals surface area contributed by atoms with Crippen molar-refractivity contribution < 1.29 is 18.7 Å². The van der Waals surface area contributed by atoms with E-state index in [4.69, 9.17) is 9.15 Å². The number of halogens is 1. The molecule has 0 amide bonds. The highest BCUT2D eigenvalue weighted by atomic mass is 19.1. The van der Waals surface area contributed by atoms with Crippen LogP contribution in [0.1, 0.15) is 17.1 Å². The van der Waals surface area contributed by atoms with E-state index in [2.05, 4.69) is 9.88 Å². The monoisotopic (exact) mass is 320 g/mol. The van der Waals surface area contributed by atoms with Gasteiger partial charge < -0.3 is 14.3 Å². The minimum absolute atomic E-state index is 0.157. The lowest BCUT2D eigenvalue weighted by Gasteiger charge is -2.41. The summed E-state index contributed by atoms with van der Waals surface area (Å²) in [6.45, 7) is 4.02. The lowest BCUT2D eigenvalue weighted by molar-refractivity contribution is -0.134. The van der Waals surface area contributed by atoms with Crippen LogP contribution in [-0.4, -0.2) is 46.9 Å². The summed E-state index contributed by atoms with van der Waals surface area (Å²) >= 11 is 0. The van der Waals surface area contributed by atoms with Crippen LogP contribution in [0.2, 0.25) is 0 Å². The molecule has 2 heterocycles. The van der Waals surface area contributed by atoms with Gasteiger partial charge in [0.05, 0.1) is 18.9 Å². The van der Waals surface area contributed by atoms with Crippen LogP contribution in [0.4, 0.5) is 4.39 Å². The first kappa shape index (κ1) is 16.1. The van der Waals surface area contributed by atoms with Gasteiger partial charge in [0, 0.05) is 33.0 Å². The van der Waals surface area contributed by atoms with Crippen molar-refractivity contribution in [3.05, 3.63) is 53.5 Å². The van der Waals surface area contributed by atoms with Crippen molar-refractivity contribution in [1.82, 2.24) is 9.88 Å². The van der Waals surface area contributed by atoms with E-state index in [0.717, 1.165) is 12.2 Å². The lowest BCUT2D eigenvalue weighted by atomic mass is 9.92. The van der Waals surface area contributed by atoms with Crippen LogP contribution >= 0.6 is 0 Å². The fourth-order valence-corrected chi connectivity index (χ4v) is 3.02. The molecule has 23 heavy (non-hydrogen) atoms. The lowest BCUT2D eigenvalue weighted by Crippen LogP contribution is -2.55. The molecule has 0 spiro atoms. The number of aryl methyl sites for hydroxylation is 1. The molecule has 6 heteroatoms. The zero-order valence-corrected chi connectivity index (χ0v) is 13.2. The number of oxazole rings is 1. The molecule has 2 aromatic rings. The molecule has 124 valence electrons. The average Bonchev–Trinajstić information content (AvgIpc) is 2.95. The van der Waals surface area contributed by atoms with Gasteiger partial charge in [0.1, 0.15) is 17.7 Å². The number of benzene rings is 1. The molecule has 3 rings (SSSR count). The Morgan fingerprint density at radius 1 is 1.39 bits per heavy atom. The molecule has 1 aliphatic heterocycles. The Labute approximate surface area is 134 Å². The van der Waals surface area contributed by atoms with E-state index in [1.807, 2.05) is 0 Å². The summed E-state index contributed by atoms with van der Waals surface area (Å²) in [5.41, 5.74) is 0.613. The van der Waals surface area contributed by atoms with Crippen molar-refractivity contribution in [3.8, 4) is 0 Å². The van der Waals surface area contributed by atoms with Gasteiger partial charge in [-0.3, -0.25) is 4.90 Å². The molecule has 0 saturated carbocycles. The molecule has 1 N–H and O–H groups in total. The van der Waals surface area contributed by atoms with E-state index in [1.54, 1.807) is 31.4 Å². The zero-order valence-electron chi connectivity index (χ0n) is 13.2. The summed E-state index contributed by atoms with van der Waals surface area (Å²) in [5.74, 6) is 0.362. The number of morpholine rings is 1. The van der Waals surface area contributed by atoms with Gasteiger partial charge in [-0.15, -0.1) is 0 Å². The van der Waals surface area contributed by atoms with Crippen LogP contribution < -0.4 is 0 Å². The number of aromatic nitrogens is 1. The van der Waals surface area contributed by atoms with Crippen LogP contribution in [0.15, 0.2) is 34.9 Å². The minimum atomic E-state index is -0.792. The summed E-state index contributed by atoms with van der Waals surface area (Å²) in [7, 11) is 0. The van der Waals surface area contributed by atoms with E-state index in [1.165, 1.54) is 6.07 Å². The molecule has 0 unspecified atom stereocenters. The summed E-state index contributed by atoms with van der Waals surface area (Å²) in [6, 6.07) is 6.61. The number of nitrogens with zero attached hydrogens (tertiary/aromatic N) is 2. The summed E-state index contributed by atoms with van der Waals surface area (Å²) in [6.07, 6.45) is 1.98. The third-order valence-corrected chi connectivity index (χ3v) is 4.14. The maximum Gasteiger partial charge on any atom is 0.191 e. The van der Waals surface area contributed by atoms with Crippen molar-refractivity contribution in [1.29, 1.82) is 0 Å². The quantitative estimate of drug-likeness (QED) is 0.912. The molecule has 0 radical (unpaired) electrons. The van der Waals surface area contributed by atoms with E-state index in [-0.39, 0.29) is 12.4 Å². The predicted molar refractivity (Wildman–Crippen MR) is 82.4 cm³/mol. The molecule has 1 saturated heterocycles. The van der Waals surface area contributed by atoms with Gasteiger partial charge in [-0.25, -0.2) is 9.37 Å². The Hall–Kier alpha value is -1.76. The van der Waals surface area contributed by atoms with Gasteiger partial charge in [0.2, 0.25) is 0 Å². The maximum absolute atomic E-state index is 13.9. The fourth-order valence-electron chi connectivity index (χ4n) is 3.02. The first-order valence-electron chi connectivity index (χ1n) is 7.72. The Balaban J connectivity index is 1.72. The molecular weight excluding hydrogens is 299 g/mol. The summed E-state index contributed by atoms with van der Waals surface area (Å²) < 4.78 is 25.0. The predicted octanol–water partition coefficient (Wildman–Crippen LogP) is 1.93. The first-order chi connectivity index (χ1) is 11.1. The Kier molecular flexibility index (Phi) is 4.75. The van der Waals surface area contributed by atoms with Gasteiger partial charge in [-0.1, -0.05) is 18.2 Å². The van der Waals surface area contributed by atoms with Crippen molar-refractivity contribution >= 4 is 0 Å². The van der Waals surface area contributed by atoms with Gasteiger partial charge >= 0.3 is 0 Å². The highest BCUT2D eigenvalue weighted by molar-refractivity contribution is 5.20. The molecule has 0 bridgehead atoms. The second kappa shape index (κ2) is 6.78. The van der Waals surface area contributed by atoms with E-state index in [9.17, 15) is 9.50 Å². The largest absolute Gasteiger partial charge is 0.449 e. The fraction of sp³-hybridized carbons (Fsp3) is 0.471. The zero-order chi connectivity index (χ0) is 16.3. The SMILES string of the molecule is Cc1nc(CN2CCO[C@@](CO)(Cc3ccccc3F)C2)co1. The van der Waals surface area contributed by atoms with Crippen LogP contribution in [-0.2, 0) is 17.7 Å². The molecular formula is C17H21FN2O3. The standard InChI is InChI=1S/C17H21FN2O3/c1-13-19-15(10-22-13)9-20-6-7-23-17(11-20,12-21)8-14-4-2-3-5-16(14)18/h2-5,10,21H,6-9,11-12H2,1H3/t17-/m0/s1. The first-order valence-corrected chi connectivity index (χ1v) is 7.72. The number of ether oxygens (including phenoxy) is 1. The Morgan fingerprint density at radius 3 is 2.91 bits per heavy atom. The smallest absolute Gasteiger partial charge is 0.191 e. The number of aliphatic hydroxyl groups is 1. The second-order valence-electron chi connectivity index (χ2n) is 6.03. The average molecular weight is 320 g/mol. The number of hydrogen-bond donors (Lipinski definition) is 1. The molecule has 5 nitrogen and oxygen atoms in total. The Bertz CT molecular complexity index is 661. The van der Waals surface area contributed by atoms with Crippen LogP contribution in [0.3, 0.4) is 0 Å². The third kappa shape index (κ3) is 3.77. The van der Waals surface area contributed by atoms with Gasteiger partial charge in [0.25, 0.3) is 0 Å². The van der Waals surface area contributed by atoms with Gasteiger partial charge in [0.15, 0.2) is 5.89 Å². The van der Waals surface area contributed by atoms with Crippen LogP contribution in [0, 0.1) is 12.7 Å². The van der Waals surface area contributed by atoms with E-state index in [0.29, 0.717) is 37.6 Å². The highest BCUT2D eigenvalue weighted by Crippen LogP contribution is 2.25. The molecule has 1 aliphatic rings. The summed E-state index contributed by atoms with van der Waals surface area (Å²) in [5, 5.41) is 9.87. The normalized spacial score (nSPS) is 22.4. The molecule has 1 aromatic carbocycles. The summed E-state index contributed by atoms with van der Waals surface area (Å²) in [4.78, 5) is 6.46. The second-order valence-corrected chi connectivity index (χ2v) is 6.03. The molecule has 1 fully saturated rings. The van der Waals surface area contributed by atoms with Crippen molar-refractivity contribution in [2.24, 2.45) is 0 Å². The van der Waals surface area contributed by atoms with Crippen molar-refractivity contribution in [2.75, 3.05) is 26.3 Å². The number of rotatable bonds is 5.